The van der Waals surface area contributed by atoms with Crippen molar-refractivity contribution in [1.29, 1.82) is 0 Å². The normalized spacial score (nSPS) is 28.8. The number of aliphatic carboxylic acids is 1. The van der Waals surface area contributed by atoms with Crippen molar-refractivity contribution >= 4 is 5.97 Å². The summed E-state index contributed by atoms with van der Waals surface area (Å²) in [7, 11) is 0. The van der Waals surface area contributed by atoms with Crippen molar-refractivity contribution in [3.05, 3.63) is 17.5 Å². The highest BCUT2D eigenvalue weighted by atomic mass is 16.5. The molecule has 0 saturated heterocycles. The SMILES string of the molecule is Cc1cc(C2(C(=O)O)CC2(C)C)on1. The predicted octanol–water partition coefficient (Wildman–Crippen LogP) is 1.74. The summed E-state index contributed by atoms with van der Waals surface area (Å²) >= 11 is 0. The Bertz CT molecular complexity index is 394. The van der Waals surface area contributed by atoms with E-state index in [4.69, 9.17) is 4.52 Å². The molecule has 1 unspecified atom stereocenters. The molecule has 1 fully saturated rings. The van der Waals surface area contributed by atoms with E-state index in [0.717, 1.165) is 5.69 Å². The van der Waals surface area contributed by atoms with Gasteiger partial charge in [-0.1, -0.05) is 19.0 Å². The molecule has 14 heavy (non-hydrogen) atoms. The number of carboxylic acids is 1. The summed E-state index contributed by atoms with van der Waals surface area (Å²) < 4.78 is 5.06. The summed E-state index contributed by atoms with van der Waals surface area (Å²) in [6.45, 7) is 5.65. The molecule has 76 valence electrons. The van der Waals surface area contributed by atoms with Gasteiger partial charge >= 0.3 is 5.97 Å². The molecule has 0 radical (unpaired) electrons. The Labute approximate surface area is 81.9 Å². The quantitative estimate of drug-likeness (QED) is 0.780. The van der Waals surface area contributed by atoms with Crippen LogP contribution in [0, 0.1) is 12.3 Å². The molecule has 1 saturated carbocycles. The number of nitrogens with zero attached hydrogens (tertiary/aromatic N) is 1. The van der Waals surface area contributed by atoms with E-state index in [0.29, 0.717) is 12.2 Å². The average Bonchev–Trinajstić information content (AvgIpc) is 2.44. The first-order valence-corrected chi connectivity index (χ1v) is 4.57. The third-order valence-corrected chi connectivity index (χ3v) is 3.15. The van der Waals surface area contributed by atoms with Gasteiger partial charge in [-0.05, 0) is 18.8 Å². The minimum Gasteiger partial charge on any atom is -0.480 e. The molecule has 1 heterocycles. The van der Waals surface area contributed by atoms with Crippen LogP contribution in [0.15, 0.2) is 10.6 Å². The summed E-state index contributed by atoms with van der Waals surface area (Å²) in [5.41, 5.74) is -0.359. The molecular formula is C10H13NO3. The van der Waals surface area contributed by atoms with Gasteiger partial charge in [0, 0.05) is 6.07 Å². The molecule has 1 N–H and O–H groups in total. The fraction of sp³-hybridized carbons (Fsp3) is 0.600. The Hall–Kier alpha value is -1.32. The second kappa shape index (κ2) is 2.38. The van der Waals surface area contributed by atoms with Crippen molar-refractivity contribution in [3.8, 4) is 0 Å². The first kappa shape index (κ1) is 9.24. The molecule has 0 amide bonds. The molecule has 1 aromatic rings. The lowest BCUT2D eigenvalue weighted by Crippen LogP contribution is -2.24. The zero-order chi connectivity index (χ0) is 10.6. The zero-order valence-corrected chi connectivity index (χ0v) is 8.50. The summed E-state index contributed by atoms with van der Waals surface area (Å²) in [5, 5.41) is 12.9. The lowest BCUT2D eigenvalue weighted by molar-refractivity contribution is -0.141. The van der Waals surface area contributed by atoms with Crippen molar-refractivity contribution in [3.63, 3.8) is 0 Å². The Morgan fingerprint density at radius 3 is 2.50 bits per heavy atom. The molecule has 0 aliphatic heterocycles. The number of carboxylic acid groups (broad SMARTS) is 1. The largest absolute Gasteiger partial charge is 0.480 e. The van der Waals surface area contributed by atoms with Crippen LogP contribution >= 0.6 is 0 Å². The highest BCUT2D eigenvalue weighted by Crippen LogP contribution is 2.64. The van der Waals surface area contributed by atoms with Gasteiger partial charge in [-0.25, -0.2) is 0 Å². The smallest absolute Gasteiger partial charge is 0.318 e. The van der Waals surface area contributed by atoms with Gasteiger partial charge in [-0.15, -0.1) is 0 Å². The van der Waals surface area contributed by atoms with Crippen molar-refractivity contribution in [1.82, 2.24) is 5.16 Å². The fourth-order valence-electron chi connectivity index (χ4n) is 2.07. The van der Waals surface area contributed by atoms with Gasteiger partial charge in [0.25, 0.3) is 0 Å². The van der Waals surface area contributed by atoms with E-state index in [1.807, 2.05) is 13.8 Å². The maximum absolute atomic E-state index is 11.2. The van der Waals surface area contributed by atoms with E-state index in [9.17, 15) is 9.90 Å². The highest BCUT2D eigenvalue weighted by molar-refractivity contribution is 5.86. The molecule has 1 aromatic heterocycles. The third-order valence-electron chi connectivity index (χ3n) is 3.15. The molecule has 1 atom stereocenters. The molecule has 0 spiro atoms. The Balaban J connectivity index is 2.46. The van der Waals surface area contributed by atoms with Crippen LogP contribution in [-0.4, -0.2) is 16.2 Å². The maximum atomic E-state index is 11.2. The molecular weight excluding hydrogens is 182 g/mol. The second-order valence-corrected chi connectivity index (χ2v) is 4.60. The second-order valence-electron chi connectivity index (χ2n) is 4.60. The molecule has 4 heteroatoms. The van der Waals surface area contributed by atoms with Gasteiger partial charge in [0.1, 0.15) is 5.41 Å². The monoisotopic (exact) mass is 195 g/mol. The van der Waals surface area contributed by atoms with E-state index < -0.39 is 11.4 Å². The van der Waals surface area contributed by atoms with E-state index in [1.54, 1.807) is 13.0 Å². The van der Waals surface area contributed by atoms with E-state index >= 15 is 0 Å². The van der Waals surface area contributed by atoms with Crippen molar-refractivity contribution in [2.24, 2.45) is 5.41 Å². The Morgan fingerprint density at radius 2 is 2.21 bits per heavy atom. The first-order valence-electron chi connectivity index (χ1n) is 4.57. The minimum absolute atomic E-state index is 0.231. The molecule has 1 aliphatic carbocycles. The third kappa shape index (κ3) is 0.937. The number of aromatic nitrogens is 1. The number of carbonyl (C=O) groups is 1. The van der Waals surface area contributed by atoms with Crippen molar-refractivity contribution in [2.45, 2.75) is 32.6 Å². The van der Waals surface area contributed by atoms with Crippen LogP contribution in [0.2, 0.25) is 0 Å². The van der Waals surface area contributed by atoms with E-state index in [2.05, 4.69) is 5.16 Å². The van der Waals surface area contributed by atoms with Gasteiger partial charge in [0.15, 0.2) is 5.76 Å². The van der Waals surface area contributed by atoms with E-state index in [1.165, 1.54) is 0 Å². The summed E-state index contributed by atoms with van der Waals surface area (Å²) in [6.07, 6.45) is 0.615. The zero-order valence-electron chi connectivity index (χ0n) is 8.50. The van der Waals surface area contributed by atoms with Crippen LogP contribution in [0.4, 0.5) is 0 Å². The van der Waals surface area contributed by atoms with E-state index in [-0.39, 0.29) is 5.41 Å². The van der Waals surface area contributed by atoms with Crippen LogP contribution < -0.4 is 0 Å². The summed E-state index contributed by atoms with van der Waals surface area (Å²) in [5.74, 6) is -0.342. The lowest BCUT2D eigenvalue weighted by atomic mass is 9.93. The fourth-order valence-corrected chi connectivity index (χ4v) is 2.07. The molecule has 0 bridgehead atoms. The van der Waals surface area contributed by atoms with Crippen LogP contribution in [0.5, 0.6) is 0 Å². The number of aryl methyl sites for hydroxylation is 1. The predicted molar refractivity (Wildman–Crippen MR) is 49.0 cm³/mol. The van der Waals surface area contributed by atoms with Crippen LogP contribution in [0.1, 0.15) is 31.7 Å². The van der Waals surface area contributed by atoms with Gasteiger partial charge in [-0.3, -0.25) is 4.79 Å². The van der Waals surface area contributed by atoms with Gasteiger partial charge in [-0.2, -0.15) is 0 Å². The Kier molecular flexibility index (Phi) is 1.57. The van der Waals surface area contributed by atoms with Gasteiger partial charge in [0.2, 0.25) is 0 Å². The maximum Gasteiger partial charge on any atom is 0.318 e. The first-order chi connectivity index (χ1) is 6.40. The van der Waals surface area contributed by atoms with Crippen LogP contribution in [0.3, 0.4) is 0 Å². The Morgan fingerprint density at radius 1 is 1.64 bits per heavy atom. The molecule has 2 rings (SSSR count). The highest BCUT2D eigenvalue weighted by Gasteiger charge is 2.70. The van der Waals surface area contributed by atoms with Crippen molar-refractivity contribution < 1.29 is 14.4 Å². The minimum atomic E-state index is -0.853. The standard InChI is InChI=1S/C10H13NO3/c1-6-4-7(14-11-6)10(8(12)13)5-9(10,2)3/h4H,5H2,1-3H3,(H,12,13). The van der Waals surface area contributed by atoms with Crippen molar-refractivity contribution in [2.75, 3.05) is 0 Å². The summed E-state index contributed by atoms with van der Waals surface area (Å²) in [4.78, 5) is 11.2. The summed E-state index contributed by atoms with van der Waals surface area (Å²) in [6, 6.07) is 1.71. The average molecular weight is 195 g/mol. The van der Waals surface area contributed by atoms with Crippen LogP contribution in [-0.2, 0) is 10.2 Å². The topological polar surface area (TPSA) is 63.3 Å². The molecule has 0 aromatic carbocycles. The van der Waals surface area contributed by atoms with Gasteiger partial charge in [0.05, 0.1) is 5.69 Å². The number of hydrogen-bond donors (Lipinski definition) is 1. The number of hydrogen-bond acceptors (Lipinski definition) is 3. The number of rotatable bonds is 2. The molecule has 1 aliphatic rings. The van der Waals surface area contributed by atoms with Crippen LogP contribution in [0.25, 0.3) is 0 Å². The lowest BCUT2D eigenvalue weighted by Gasteiger charge is -2.10. The van der Waals surface area contributed by atoms with Gasteiger partial charge < -0.3 is 9.63 Å². The molecule has 4 nitrogen and oxygen atoms in total.